The summed E-state index contributed by atoms with van der Waals surface area (Å²) in [5, 5.41) is 12.6. The van der Waals surface area contributed by atoms with Crippen LogP contribution in [-0.2, 0) is 18.8 Å². The third kappa shape index (κ3) is 6.77. The zero-order valence-electron chi connectivity index (χ0n) is 29.2. The van der Waals surface area contributed by atoms with Gasteiger partial charge in [0.2, 0.25) is 11.8 Å². The fourth-order valence-electron chi connectivity index (χ4n) is 8.41. The highest BCUT2D eigenvalue weighted by molar-refractivity contribution is 9.10. The van der Waals surface area contributed by atoms with E-state index in [0.717, 1.165) is 46.0 Å². The fourth-order valence-corrected chi connectivity index (χ4v) is 13.3. The lowest BCUT2D eigenvalue weighted by Gasteiger charge is -2.44. The number of carbonyl (C=O) groups excluding carboxylic acids is 2. The van der Waals surface area contributed by atoms with Crippen molar-refractivity contribution in [1.82, 2.24) is 4.90 Å². The number of hydrogen-bond donors (Lipinski definition) is 1. The molecule has 0 bridgehead atoms. The zero-order chi connectivity index (χ0) is 34.9. The highest BCUT2D eigenvalue weighted by Crippen LogP contribution is 2.50. The van der Waals surface area contributed by atoms with E-state index < -0.39 is 8.32 Å². The van der Waals surface area contributed by atoms with Gasteiger partial charge in [0.15, 0.2) is 0 Å². The molecule has 3 aliphatic rings. The number of likely N-dealkylation sites (tertiary alicyclic amines) is 1. The normalized spacial score (nSPS) is 22.9. The van der Waals surface area contributed by atoms with Crippen LogP contribution in [0.5, 0.6) is 5.75 Å². The molecule has 1 aliphatic carbocycles. The third-order valence-electron chi connectivity index (χ3n) is 10.6. The molecule has 0 saturated carbocycles. The van der Waals surface area contributed by atoms with Gasteiger partial charge < -0.3 is 14.3 Å². The van der Waals surface area contributed by atoms with Crippen LogP contribution in [0.2, 0.25) is 5.04 Å². The van der Waals surface area contributed by atoms with Gasteiger partial charge in [-0.15, -0.1) is 0 Å². The van der Waals surface area contributed by atoms with E-state index in [1.165, 1.54) is 15.3 Å². The van der Waals surface area contributed by atoms with Crippen LogP contribution in [-0.4, -0.2) is 56.0 Å². The predicted molar refractivity (Wildman–Crippen MR) is 201 cm³/mol. The van der Waals surface area contributed by atoms with Gasteiger partial charge in [0, 0.05) is 22.5 Å². The van der Waals surface area contributed by atoms with E-state index in [2.05, 4.69) is 92.2 Å². The molecule has 2 saturated heterocycles. The summed E-state index contributed by atoms with van der Waals surface area (Å²) in [5.74, 6) is -0.755. The SMILES string of the molecule is CCCN1C(=O)[C@@H]2[C@@H](CC(CO[Si](c3ccccc3)(c3ccccc3)C(C)(C)C)=C3[C@@H](CC/C(C)=C/c4cc(Br)ccc4O)OC[C@@H]32)C1=O. The molecule has 0 aromatic heterocycles. The standard InChI is InChI=1S/C41H48BrNO5Si/c1-6-21-43-39(45)33-24-29(25-48-49(41(3,4)5,31-13-9-7-10-14-31)32-15-11-8-12-16-32)37-34(38(33)40(43)46)26-47-36(37)20-17-27(2)22-28-23-30(42)18-19-35(28)44/h7-16,18-19,22-23,33-34,36,38,44H,6,17,20-21,24-26H2,1-5H3/b27-22+/t33-,34+,36-,38-/m1/s1. The lowest BCUT2D eigenvalue weighted by Crippen LogP contribution is -2.66. The average Bonchev–Trinajstić information content (AvgIpc) is 3.61. The van der Waals surface area contributed by atoms with Gasteiger partial charge in [0.05, 0.1) is 31.2 Å². The van der Waals surface area contributed by atoms with E-state index in [9.17, 15) is 14.7 Å². The van der Waals surface area contributed by atoms with E-state index in [0.29, 0.717) is 26.2 Å². The molecular weight excluding hydrogens is 694 g/mol. The molecule has 2 aliphatic heterocycles. The van der Waals surface area contributed by atoms with Crippen molar-refractivity contribution in [1.29, 1.82) is 0 Å². The van der Waals surface area contributed by atoms with E-state index in [-0.39, 0.29) is 46.5 Å². The summed E-state index contributed by atoms with van der Waals surface area (Å²) < 4.78 is 14.9. The molecule has 6 rings (SSSR count). The molecule has 4 atom stereocenters. The van der Waals surface area contributed by atoms with Gasteiger partial charge >= 0.3 is 0 Å². The molecule has 3 aromatic rings. The number of allylic oxidation sites excluding steroid dienone is 1. The molecule has 1 N–H and O–H groups in total. The summed E-state index contributed by atoms with van der Waals surface area (Å²) in [7, 11) is -2.85. The molecule has 2 heterocycles. The number of rotatable bonds is 11. The maximum Gasteiger partial charge on any atom is 0.261 e. The quantitative estimate of drug-likeness (QED) is 0.124. The van der Waals surface area contributed by atoms with Crippen molar-refractivity contribution in [2.24, 2.45) is 17.8 Å². The number of hydrogen-bond acceptors (Lipinski definition) is 5. The Morgan fingerprint density at radius 3 is 2.27 bits per heavy atom. The number of amides is 2. The number of phenolic OH excluding ortho intramolecular Hbond substituents is 1. The summed E-state index contributed by atoms with van der Waals surface area (Å²) in [6, 6.07) is 26.7. The largest absolute Gasteiger partial charge is 0.507 e. The van der Waals surface area contributed by atoms with Crippen LogP contribution in [0.1, 0.15) is 65.9 Å². The van der Waals surface area contributed by atoms with Crippen molar-refractivity contribution in [2.45, 2.75) is 71.4 Å². The summed E-state index contributed by atoms with van der Waals surface area (Å²) in [6.45, 7) is 12.2. The number of fused-ring (bicyclic) bond motifs is 3. The van der Waals surface area contributed by atoms with Gasteiger partial charge in [-0.2, -0.15) is 0 Å². The minimum Gasteiger partial charge on any atom is -0.507 e. The van der Waals surface area contributed by atoms with Crippen LogP contribution in [0.25, 0.3) is 6.08 Å². The summed E-state index contributed by atoms with van der Waals surface area (Å²) in [6.07, 6.45) is 4.60. The first-order chi connectivity index (χ1) is 23.5. The van der Waals surface area contributed by atoms with E-state index in [1.807, 2.05) is 37.3 Å². The van der Waals surface area contributed by atoms with Crippen molar-refractivity contribution >= 4 is 52.5 Å². The monoisotopic (exact) mass is 741 g/mol. The lowest BCUT2D eigenvalue weighted by atomic mass is 9.69. The van der Waals surface area contributed by atoms with Gasteiger partial charge in [-0.3, -0.25) is 14.5 Å². The van der Waals surface area contributed by atoms with Crippen molar-refractivity contribution in [3.63, 3.8) is 0 Å². The number of carbonyl (C=O) groups is 2. The second-order valence-electron chi connectivity index (χ2n) is 14.8. The Morgan fingerprint density at radius 2 is 1.65 bits per heavy atom. The molecule has 2 amide bonds. The lowest BCUT2D eigenvalue weighted by molar-refractivity contribution is -0.140. The molecule has 258 valence electrons. The third-order valence-corrected chi connectivity index (χ3v) is 16.1. The number of benzene rings is 3. The van der Waals surface area contributed by atoms with Crippen molar-refractivity contribution in [2.75, 3.05) is 19.8 Å². The first kappa shape index (κ1) is 35.5. The van der Waals surface area contributed by atoms with Crippen LogP contribution in [0, 0.1) is 17.8 Å². The van der Waals surface area contributed by atoms with Gasteiger partial charge in [-0.25, -0.2) is 0 Å². The Morgan fingerprint density at radius 1 is 1.00 bits per heavy atom. The first-order valence-electron chi connectivity index (χ1n) is 17.6. The van der Waals surface area contributed by atoms with Gasteiger partial charge in [0.1, 0.15) is 5.75 Å². The van der Waals surface area contributed by atoms with Crippen LogP contribution < -0.4 is 10.4 Å². The molecule has 2 fully saturated rings. The number of halogens is 1. The molecule has 6 nitrogen and oxygen atoms in total. The molecule has 0 unspecified atom stereocenters. The van der Waals surface area contributed by atoms with Crippen molar-refractivity contribution < 1.29 is 23.9 Å². The van der Waals surface area contributed by atoms with Crippen LogP contribution in [0.15, 0.2) is 100 Å². The van der Waals surface area contributed by atoms with Gasteiger partial charge in [-0.1, -0.05) is 116 Å². The average molecular weight is 743 g/mol. The highest BCUT2D eigenvalue weighted by Gasteiger charge is 2.57. The van der Waals surface area contributed by atoms with Crippen molar-refractivity contribution in [3.05, 3.63) is 106 Å². The zero-order valence-corrected chi connectivity index (χ0v) is 31.8. The molecule has 3 aromatic carbocycles. The topological polar surface area (TPSA) is 76.1 Å². The van der Waals surface area contributed by atoms with E-state index in [1.54, 1.807) is 6.07 Å². The number of aromatic hydroxyl groups is 1. The number of phenols is 1. The minimum atomic E-state index is -2.85. The van der Waals surface area contributed by atoms with Crippen molar-refractivity contribution in [3.8, 4) is 5.75 Å². The maximum atomic E-state index is 13.8. The second-order valence-corrected chi connectivity index (χ2v) is 20.1. The first-order valence-corrected chi connectivity index (χ1v) is 20.3. The van der Waals surface area contributed by atoms with Gasteiger partial charge in [-0.05, 0) is 77.4 Å². The fraction of sp³-hybridized carbons (Fsp3) is 0.415. The molecule has 0 radical (unpaired) electrons. The minimum absolute atomic E-state index is 0.0447. The number of nitrogens with zero attached hydrogens (tertiary/aromatic N) is 1. The Kier molecular flexibility index (Phi) is 10.5. The van der Waals surface area contributed by atoms with Crippen LogP contribution >= 0.6 is 15.9 Å². The molecule has 49 heavy (non-hydrogen) atoms. The smallest absolute Gasteiger partial charge is 0.261 e. The second kappa shape index (κ2) is 14.5. The Hall–Kier alpha value is -3.30. The maximum absolute atomic E-state index is 13.8. The Balaban J connectivity index is 1.38. The molecular formula is C41H48BrNO5Si. The number of ether oxygens (including phenoxy) is 1. The predicted octanol–water partition coefficient (Wildman–Crippen LogP) is 7.64. The molecule has 0 spiro atoms. The van der Waals surface area contributed by atoms with E-state index in [4.69, 9.17) is 9.16 Å². The van der Waals surface area contributed by atoms with Gasteiger partial charge in [0.25, 0.3) is 8.32 Å². The van der Waals surface area contributed by atoms with Crippen LogP contribution in [0.3, 0.4) is 0 Å². The molecule has 8 heteroatoms. The summed E-state index contributed by atoms with van der Waals surface area (Å²) in [4.78, 5) is 29.1. The van der Waals surface area contributed by atoms with E-state index >= 15 is 0 Å². The summed E-state index contributed by atoms with van der Waals surface area (Å²) in [5.41, 5.74) is 4.17. The Labute approximate surface area is 300 Å². The Bertz CT molecular complexity index is 1710. The highest BCUT2D eigenvalue weighted by atomic mass is 79.9. The van der Waals surface area contributed by atoms with Crippen LogP contribution in [0.4, 0.5) is 0 Å². The number of imide groups is 1. The summed E-state index contributed by atoms with van der Waals surface area (Å²) >= 11 is 3.51.